The first-order valence-electron chi connectivity index (χ1n) is 6.47. The van der Waals surface area contributed by atoms with Gasteiger partial charge >= 0.3 is 0 Å². The van der Waals surface area contributed by atoms with Gasteiger partial charge in [-0.2, -0.15) is 0 Å². The van der Waals surface area contributed by atoms with Crippen LogP contribution in [0.2, 0.25) is 0 Å². The van der Waals surface area contributed by atoms with Crippen molar-refractivity contribution < 1.29 is 30.6 Å². The van der Waals surface area contributed by atoms with Gasteiger partial charge in [-0.1, -0.05) is 18.2 Å². The third-order valence-electron chi connectivity index (χ3n) is 2.61. The molecule has 0 bridgehead atoms. The predicted molar refractivity (Wildman–Crippen MR) is 82.1 cm³/mol. The Morgan fingerprint density at radius 3 is 1.45 bits per heavy atom. The summed E-state index contributed by atoms with van der Waals surface area (Å²) in [6, 6.07) is 11.7. The van der Waals surface area contributed by atoms with E-state index in [0.29, 0.717) is 22.4 Å². The highest BCUT2D eigenvalue weighted by Crippen LogP contribution is 2.24. The fourth-order valence-corrected chi connectivity index (χ4v) is 1.59. The van der Waals surface area contributed by atoms with Crippen molar-refractivity contribution in [2.24, 2.45) is 0 Å². The van der Waals surface area contributed by atoms with Crippen LogP contribution >= 0.6 is 0 Å². The van der Waals surface area contributed by atoms with Crippen molar-refractivity contribution in [3.8, 4) is 11.5 Å². The van der Waals surface area contributed by atoms with Crippen LogP contribution < -0.4 is 0 Å². The molecule has 6 N–H and O–H groups in total. The lowest BCUT2D eigenvalue weighted by atomic mass is 10.1. The zero-order chi connectivity index (χ0) is 17.0. The number of aromatic hydroxyl groups is 2. The smallest absolute Gasteiger partial charge is 0.126 e. The van der Waals surface area contributed by atoms with Crippen molar-refractivity contribution in [3.05, 3.63) is 59.2 Å². The maximum absolute atomic E-state index is 9.41. The van der Waals surface area contributed by atoms with Gasteiger partial charge in [0.25, 0.3) is 0 Å². The highest BCUT2D eigenvalue weighted by molar-refractivity contribution is 5.42. The van der Waals surface area contributed by atoms with Crippen LogP contribution in [-0.2, 0) is 19.8 Å². The predicted octanol–water partition coefficient (Wildman–Crippen LogP) is 0.870. The SMILES string of the molecule is CO.OCc1cc(CO)c(O)c(CO)c1.Oc1ccccc1. The molecule has 2 aromatic carbocycles. The minimum atomic E-state index is -0.313. The minimum absolute atomic E-state index is 0.109. The summed E-state index contributed by atoms with van der Waals surface area (Å²) in [5.41, 5.74) is 1.19. The Morgan fingerprint density at radius 1 is 0.727 bits per heavy atom. The Morgan fingerprint density at radius 2 is 1.18 bits per heavy atom. The molecule has 0 saturated heterocycles. The number of phenolic OH excluding ortho intramolecular Hbond substituents is 1. The molecule has 0 atom stereocenters. The first-order chi connectivity index (χ1) is 10.6. The zero-order valence-electron chi connectivity index (χ0n) is 12.3. The molecular formula is C16H22O6. The molecule has 0 heterocycles. The Bertz CT molecular complexity index is 502. The molecule has 6 heteroatoms. The van der Waals surface area contributed by atoms with Crippen molar-refractivity contribution in [1.82, 2.24) is 0 Å². The lowest BCUT2D eigenvalue weighted by molar-refractivity contribution is 0.259. The summed E-state index contributed by atoms with van der Waals surface area (Å²) < 4.78 is 0. The second-order valence-electron chi connectivity index (χ2n) is 4.07. The molecule has 0 radical (unpaired) electrons. The summed E-state index contributed by atoms with van der Waals surface area (Å²) >= 11 is 0. The molecule has 22 heavy (non-hydrogen) atoms. The first kappa shape index (κ1) is 19.9. The van der Waals surface area contributed by atoms with Crippen LogP contribution in [0.1, 0.15) is 16.7 Å². The number of hydrogen-bond donors (Lipinski definition) is 6. The summed E-state index contributed by atoms with van der Waals surface area (Å²) in [4.78, 5) is 0. The van der Waals surface area contributed by atoms with E-state index in [1.807, 2.05) is 6.07 Å². The van der Waals surface area contributed by atoms with E-state index in [0.717, 1.165) is 7.11 Å². The lowest BCUT2D eigenvalue weighted by Gasteiger charge is -2.08. The van der Waals surface area contributed by atoms with E-state index in [1.54, 1.807) is 24.3 Å². The quantitative estimate of drug-likeness (QED) is 0.500. The third-order valence-corrected chi connectivity index (χ3v) is 2.61. The fraction of sp³-hybridized carbons (Fsp3) is 0.250. The summed E-state index contributed by atoms with van der Waals surface area (Å²) in [5.74, 6) is 0.213. The van der Waals surface area contributed by atoms with Crippen molar-refractivity contribution in [1.29, 1.82) is 0 Å². The first-order valence-corrected chi connectivity index (χ1v) is 6.47. The average molecular weight is 310 g/mol. The zero-order valence-corrected chi connectivity index (χ0v) is 12.3. The second kappa shape index (κ2) is 11.5. The van der Waals surface area contributed by atoms with Gasteiger partial charge in [-0.25, -0.2) is 0 Å². The monoisotopic (exact) mass is 310 g/mol. The Kier molecular flexibility index (Phi) is 10.4. The Balaban J connectivity index is 0.000000412. The Hall–Kier alpha value is -2.12. The molecule has 0 unspecified atom stereocenters. The molecule has 0 amide bonds. The number of para-hydroxylation sites is 1. The van der Waals surface area contributed by atoms with Crippen molar-refractivity contribution in [3.63, 3.8) is 0 Å². The van der Waals surface area contributed by atoms with Crippen LogP contribution in [0.5, 0.6) is 11.5 Å². The van der Waals surface area contributed by atoms with Crippen molar-refractivity contribution >= 4 is 0 Å². The van der Waals surface area contributed by atoms with Crippen molar-refractivity contribution in [2.45, 2.75) is 19.8 Å². The number of benzene rings is 2. The highest BCUT2D eigenvalue weighted by atomic mass is 16.3. The summed E-state index contributed by atoms with van der Waals surface area (Å²) in [6.07, 6.45) is 0. The minimum Gasteiger partial charge on any atom is -0.508 e. The van der Waals surface area contributed by atoms with Crippen LogP contribution in [0.3, 0.4) is 0 Å². The number of aliphatic hydroxyl groups excluding tert-OH is 4. The summed E-state index contributed by atoms with van der Waals surface area (Å²) in [6.45, 7) is -0.806. The van der Waals surface area contributed by atoms with Crippen LogP contribution in [0, 0.1) is 0 Å². The van der Waals surface area contributed by atoms with E-state index in [1.165, 1.54) is 12.1 Å². The normalized spacial score (nSPS) is 9.14. The van der Waals surface area contributed by atoms with Gasteiger partial charge in [-0.05, 0) is 29.8 Å². The van der Waals surface area contributed by atoms with Gasteiger partial charge < -0.3 is 30.6 Å². The molecule has 6 nitrogen and oxygen atoms in total. The van der Waals surface area contributed by atoms with Crippen LogP contribution in [0.4, 0.5) is 0 Å². The summed E-state index contributed by atoms with van der Waals surface area (Å²) in [7, 11) is 1.00. The molecule has 0 aromatic heterocycles. The standard InChI is InChI=1S/C9H12O4.C6H6O.CH4O/c10-3-6-1-7(4-11)9(13)8(2-6)5-12;7-6-4-2-1-3-5-6;1-2/h1-2,10-13H,3-5H2;1-5,7H;2H,1H3. The molecule has 0 saturated carbocycles. The molecule has 0 spiro atoms. The van der Waals surface area contributed by atoms with E-state index >= 15 is 0 Å². The second-order valence-corrected chi connectivity index (χ2v) is 4.07. The number of rotatable bonds is 3. The number of phenols is 2. The van der Waals surface area contributed by atoms with Gasteiger partial charge in [0.15, 0.2) is 0 Å². The molecule has 0 aliphatic rings. The molecule has 0 fully saturated rings. The van der Waals surface area contributed by atoms with Gasteiger partial charge in [-0.15, -0.1) is 0 Å². The maximum Gasteiger partial charge on any atom is 0.126 e. The van der Waals surface area contributed by atoms with E-state index in [2.05, 4.69) is 0 Å². The maximum atomic E-state index is 9.41. The fourth-order valence-electron chi connectivity index (χ4n) is 1.59. The van der Waals surface area contributed by atoms with Crippen molar-refractivity contribution in [2.75, 3.05) is 7.11 Å². The van der Waals surface area contributed by atoms with Crippen LogP contribution in [-0.4, -0.2) is 37.7 Å². The molecule has 2 aromatic rings. The van der Waals surface area contributed by atoms with E-state index in [-0.39, 0.29) is 25.6 Å². The highest BCUT2D eigenvalue weighted by Gasteiger charge is 2.07. The van der Waals surface area contributed by atoms with Gasteiger partial charge in [-0.3, -0.25) is 0 Å². The molecule has 122 valence electrons. The molecule has 0 aliphatic carbocycles. The van der Waals surface area contributed by atoms with Gasteiger partial charge in [0.2, 0.25) is 0 Å². The molecule has 0 aliphatic heterocycles. The number of hydrogen-bond acceptors (Lipinski definition) is 6. The van der Waals surface area contributed by atoms with Crippen LogP contribution in [0.25, 0.3) is 0 Å². The number of aliphatic hydroxyl groups is 4. The molecular weight excluding hydrogens is 288 g/mol. The van der Waals surface area contributed by atoms with Gasteiger partial charge in [0.05, 0.1) is 19.8 Å². The van der Waals surface area contributed by atoms with Crippen LogP contribution in [0.15, 0.2) is 42.5 Å². The molecule has 2 rings (SSSR count). The van der Waals surface area contributed by atoms with Gasteiger partial charge in [0.1, 0.15) is 11.5 Å². The summed E-state index contributed by atoms with van der Waals surface area (Å²) in [5, 5.41) is 51.5. The topological polar surface area (TPSA) is 121 Å². The largest absolute Gasteiger partial charge is 0.508 e. The van der Waals surface area contributed by atoms with E-state index < -0.39 is 0 Å². The average Bonchev–Trinajstić information content (AvgIpc) is 2.58. The third kappa shape index (κ3) is 6.55. The lowest BCUT2D eigenvalue weighted by Crippen LogP contribution is -1.95. The van der Waals surface area contributed by atoms with Gasteiger partial charge in [0, 0.05) is 18.2 Å². The Labute approximate surface area is 129 Å². The van der Waals surface area contributed by atoms with E-state index in [9.17, 15) is 5.11 Å². The van der Waals surface area contributed by atoms with E-state index in [4.69, 9.17) is 25.5 Å².